The van der Waals surface area contributed by atoms with Gasteiger partial charge in [-0.1, -0.05) is 11.6 Å². The van der Waals surface area contributed by atoms with Gasteiger partial charge in [0.1, 0.15) is 5.84 Å². The molecule has 0 spiro atoms. The highest BCUT2D eigenvalue weighted by Gasteiger charge is 2.14. The van der Waals surface area contributed by atoms with Crippen molar-refractivity contribution in [1.82, 2.24) is 0 Å². The molecule has 1 heterocycles. The first-order valence-corrected chi connectivity index (χ1v) is 5.83. The number of rotatable bonds is 1. The van der Waals surface area contributed by atoms with E-state index in [4.69, 9.17) is 17.3 Å². The number of benzene rings is 1. The maximum Gasteiger partial charge on any atom is 0.101 e. The fourth-order valence-electron chi connectivity index (χ4n) is 1.78. The maximum atomic E-state index is 6.14. The Balaban J connectivity index is 2.22. The van der Waals surface area contributed by atoms with Gasteiger partial charge >= 0.3 is 0 Å². The number of aliphatic imine (C=N–C) groups is 1. The fourth-order valence-corrected chi connectivity index (χ4v) is 2.04. The Morgan fingerprint density at radius 1 is 1.50 bits per heavy atom. The first-order chi connectivity index (χ1) is 7.56. The third-order valence-corrected chi connectivity index (χ3v) is 3.12. The number of nitrogens with one attached hydrogen (secondary N) is 1. The summed E-state index contributed by atoms with van der Waals surface area (Å²) in [5.41, 5.74) is 8.44. The summed E-state index contributed by atoms with van der Waals surface area (Å²) in [6.07, 6.45) is 2.08. The van der Waals surface area contributed by atoms with Crippen LogP contribution in [0.25, 0.3) is 0 Å². The average Bonchev–Trinajstić information content (AvgIpc) is 2.60. The predicted octanol–water partition coefficient (Wildman–Crippen LogP) is 3.22. The number of hydrogen-bond donors (Lipinski definition) is 2. The van der Waals surface area contributed by atoms with Crippen molar-refractivity contribution < 1.29 is 0 Å². The molecule has 0 aliphatic carbocycles. The molecule has 0 saturated carbocycles. The van der Waals surface area contributed by atoms with Crippen molar-refractivity contribution in [2.45, 2.75) is 32.7 Å². The first kappa shape index (κ1) is 11.3. The topological polar surface area (TPSA) is 50.4 Å². The Labute approximate surface area is 101 Å². The van der Waals surface area contributed by atoms with Crippen LogP contribution in [0.5, 0.6) is 0 Å². The monoisotopic (exact) mass is 237 g/mol. The van der Waals surface area contributed by atoms with Crippen LogP contribution in [-0.2, 0) is 0 Å². The van der Waals surface area contributed by atoms with Crippen LogP contribution in [0, 0.1) is 6.92 Å². The molecule has 3 nitrogen and oxygen atoms in total. The highest BCUT2D eigenvalue weighted by molar-refractivity contribution is 6.34. The van der Waals surface area contributed by atoms with Gasteiger partial charge in [-0.05, 0) is 38.0 Å². The van der Waals surface area contributed by atoms with Gasteiger partial charge in [0.25, 0.3) is 0 Å². The second-order valence-electron chi connectivity index (χ2n) is 4.28. The molecule has 1 aromatic rings. The lowest BCUT2D eigenvalue weighted by molar-refractivity contribution is 0.739. The lowest BCUT2D eigenvalue weighted by atomic mass is 10.2. The van der Waals surface area contributed by atoms with Crippen molar-refractivity contribution in [3.05, 3.63) is 22.7 Å². The maximum absolute atomic E-state index is 6.14. The summed E-state index contributed by atoms with van der Waals surface area (Å²) >= 11 is 6.14. The number of halogens is 1. The minimum atomic E-state index is 0.407. The zero-order valence-electron chi connectivity index (χ0n) is 9.55. The number of anilines is 2. The normalized spacial score (nSPS) is 19.7. The first-order valence-electron chi connectivity index (χ1n) is 5.45. The van der Waals surface area contributed by atoms with Crippen molar-refractivity contribution in [1.29, 1.82) is 0 Å². The third kappa shape index (κ3) is 2.30. The van der Waals surface area contributed by atoms with Crippen molar-refractivity contribution in [2.24, 2.45) is 4.99 Å². The van der Waals surface area contributed by atoms with Gasteiger partial charge in [0, 0.05) is 18.2 Å². The van der Waals surface area contributed by atoms with Gasteiger partial charge < -0.3 is 11.1 Å². The molecule has 4 heteroatoms. The fraction of sp³-hybridized carbons (Fsp3) is 0.417. The predicted molar refractivity (Wildman–Crippen MR) is 70.4 cm³/mol. The van der Waals surface area contributed by atoms with Crippen LogP contribution in [0.3, 0.4) is 0 Å². The Bertz CT molecular complexity index is 440. The average molecular weight is 238 g/mol. The Kier molecular flexibility index (Phi) is 3.06. The summed E-state index contributed by atoms with van der Waals surface area (Å²) in [5, 5.41) is 3.93. The molecule has 1 unspecified atom stereocenters. The molecule has 0 fully saturated rings. The lowest BCUT2D eigenvalue weighted by Crippen LogP contribution is -2.09. The molecule has 16 heavy (non-hydrogen) atoms. The highest BCUT2D eigenvalue weighted by Crippen LogP contribution is 2.28. The van der Waals surface area contributed by atoms with Crippen LogP contribution < -0.4 is 11.1 Å². The standard InChI is InChI=1S/C12H16ClN3/c1-7-5-9(13)11(6-10(7)14)16-12-4-3-8(2)15-12/h5-6,8H,3-4,14H2,1-2H3,(H,15,16). The van der Waals surface area contributed by atoms with Crippen molar-refractivity contribution in [3.8, 4) is 0 Å². The number of nitrogen functional groups attached to an aromatic ring is 1. The van der Waals surface area contributed by atoms with Gasteiger partial charge in [-0.25, -0.2) is 0 Å². The number of hydrogen-bond acceptors (Lipinski definition) is 3. The van der Waals surface area contributed by atoms with Crippen molar-refractivity contribution >= 4 is 28.8 Å². The summed E-state index contributed by atoms with van der Waals surface area (Å²) < 4.78 is 0. The van der Waals surface area contributed by atoms with E-state index in [9.17, 15) is 0 Å². The molecule has 0 saturated heterocycles. The molecule has 1 aliphatic rings. The molecule has 1 atom stereocenters. The summed E-state index contributed by atoms with van der Waals surface area (Å²) in [5.74, 6) is 0.998. The van der Waals surface area contributed by atoms with E-state index in [1.54, 1.807) is 0 Å². The van der Waals surface area contributed by atoms with Gasteiger partial charge in [-0.2, -0.15) is 0 Å². The quantitative estimate of drug-likeness (QED) is 0.737. The second kappa shape index (κ2) is 4.34. The Morgan fingerprint density at radius 3 is 2.88 bits per heavy atom. The number of aryl methyl sites for hydroxylation is 1. The third-order valence-electron chi connectivity index (χ3n) is 2.81. The largest absolute Gasteiger partial charge is 0.398 e. The molecular weight excluding hydrogens is 222 g/mol. The van der Waals surface area contributed by atoms with Gasteiger partial charge in [-0.15, -0.1) is 0 Å². The van der Waals surface area contributed by atoms with Crippen LogP contribution in [-0.4, -0.2) is 11.9 Å². The molecule has 0 aromatic heterocycles. The van der Waals surface area contributed by atoms with Crippen molar-refractivity contribution in [3.63, 3.8) is 0 Å². The van der Waals surface area contributed by atoms with Crippen LogP contribution in [0.4, 0.5) is 11.4 Å². The van der Waals surface area contributed by atoms with E-state index in [-0.39, 0.29) is 0 Å². The molecule has 0 bridgehead atoms. The summed E-state index contributed by atoms with van der Waals surface area (Å²) in [6.45, 7) is 4.06. The second-order valence-corrected chi connectivity index (χ2v) is 4.68. The zero-order chi connectivity index (χ0) is 11.7. The smallest absolute Gasteiger partial charge is 0.101 e. The zero-order valence-corrected chi connectivity index (χ0v) is 10.3. The van der Waals surface area contributed by atoms with Crippen LogP contribution in [0.1, 0.15) is 25.3 Å². The molecule has 0 amide bonds. The van der Waals surface area contributed by atoms with E-state index in [0.717, 1.165) is 35.6 Å². The molecule has 1 aliphatic heterocycles. The Hall–Kier alpha value is -1.22. The molecule has 86 valence electrons. The molecule has 0 radical (unpaired) electrons. The van der Waals surface area contributed by atoms with E-state index in [0.29, 0.717) is 11.1 Å². The highest BCUT2D eigenvalue weighted by atomic mass is 35.5. The number of nitrogens with two attached hydrogens (primary N) is 1. The lowest BCUT2D eigenvalue weighted by Gasteiger charge is -2.10. The summed E-state index contributed by atoms with van der Waals surface area (Å²) in [7, 11) is 0. The van der Waals surface area contributed by atoms with E-state index in [1.165, 1.54) is 0 Å². The van der Waals surface area contributed by atoms with Crippen LogP contribution in [0.15, 0.2) is 17.1 Å². The summed E-state index contributed by atoms with van der Waals surface area (Å²) in [4.78, 5) is 4.48. The van der Waals surface area contributed by atoms with Crippen LogP contribution >= 0.6 is 11.6 Å². The Morgan fingerprint density at radius 2 is 2.25 bits per heavy atom. The number of nitrogens with zero attached hydrogens (tertiary/aromatic N) is 1. The van der Waals surface area contributed by atoms with E-state index < -0.39 is 0 Å². The molecule has 1 aromatic carbocycles. The van der Waals surface area contributed by atoms with Crippen molar-refractivity contribution in [2.75, 3.05) is 11.1 Å². The van der Waals surface area contributed by atoms with E-state index >= 15 is 0 Å². The minimum Gasteiger partial charge on any atom is -0.398 e. The molecular formula is C12H16ClN3. The number of amidine groups is 1. The van der Waals surface area contributed by atoms with Gasteiger partial charge in [-0.3, -0.25) is 4.99 Å². The van der Waals surface area contributed by atoms with Gasteiger partial charge in [0.05, 0.1) is 10.7 Å². The molecule has 3 N–H and O–H groups in total. The summed E-state index contributed by atoms with van der Waals surface area (Å²) in [6, 6.07) is 4.14. The van der Waals surface area contributed by atoms with E-state index in [2.05, 4.69) is 17.2 Å². The van der Waals surface area contributed by atoms with Gasteiger partial charge in [0.15, 0.2) is 0 Å². The van der Waals surface area contributed by atoms with Gasteiger partial charge in [0.2, 0.25) is 0 Å². The minimum absolute atomic E-state index is 0.407. The van der Waals surface area contributed by atoms with E-state index in [1.807, 2.05) is 19.1 Å². The SMILES string of the molecule is Cc1cc(Cl)c(NC2=NC(C)CC2)cc1N. The van der Waals surface area contributed by atoms with Crippen LogP contribution in [0.2, 0.25) is 5.02 Å². The molecule has 2 rings (SSSR count).